The molecule has 2 amide bonds. The Bertz CT molecular complexity index is 629. The minimum atomic E-state index is -0.433. The third kappa shape index (κ3) is 4.04. The number of ether oxygens (including phenoxy) is 1. The van der Waals surface area contributed by atoms with Gasteiger partial charge in [-0.1, -0.05) is 6.07 Å². The molecule has 0 aliphatic carbocycles. The summed E-state index contributed by atoms with van der Waals surface area (Å²) in [5, 5.41) is 0. The molecule has 0 atom stereocenters. The zero-order valence-corrected chi connectivity index (χ0v) is 11.5. The van der Waals surface area contributed by atoms with Gasteiger partial charge in [-0.25, -0.2) is 0 Å². The van der Waals surface area contributed by atoms with Crippen LogP contribution in [0.25, 0.3) is 0 Å². The summed E-state index contributed by atoms with van der Waals surface area (Å²) in [6, 6.07) is 9.95. The fraction of sp³-hybridized carbons (Fsp3) is 0.133. The SMILES string of the molecule is CCOc1cccc(C(=O)NNC(=O)c2cccnc2)c1. The topological polar surface area (TPSA) is 80.3 Å². The number of amides is 2. The number of aromatic nitrogens is 1. The molecule has 0 aliphatic rings. The predicted octanol–water partition coefficient (Wildman–Crippen LogP) is 1.56. The van der Waals surface area contributed by atoms with E-state index in [1.54, 1.807) is 42.6 Å². The highest BCUT2D eigenvalue weighted by Gasteiger charge is 2.09. The van der Waals surface area contributed by atoms with Gasteiger partial charge in [0.1, 0.15) is 5.75 Å². The van der Waals surface area contributed by atoms with Gasteiger partial charge in [-0.05, 0) is 37.3 Å². The number of carbonyl (C=O) groups excluding carboxylic acids is 2. The molecule has 0 unspecified atom stereocenters. The Kier molecular flexibility index (Phi) is 4.87. The molecule has 0 spiro atoms. The van der Waals surface area contributed by atoms with Gasteiger partial charge in [0.05, 0.1) is 12.2 Å². The minimum absolute atomic E-state index is 0.362. The molecule has 21 heavy (non-hydrogen) atoms. The van der Waals surface area contributed by atoms with Crippen molar-refractivity contribution >= 4 is 11.8 Å². The number of hydrazine groups is 1. The standard InChI is InChI=1S/C15H15N3O3/c1-2-21-13-7-3-5-11(9-13)14(19)17-18-15(20)12-6-4-8-16-10-12/h3-10H,2H2,1H3,(H,17,19)(H,18,20). The predicted molar refractivity (Wildman–Crippen MR) is 76.8 cm³/mol. The lowest BCUT2D eigenvalue weighted by atomic mass is 10.2. The molecule has 1 aromatic carbocycles. The van der Waals surface area contributed by atoms with Crippen LogP contribution in [-0.2, 0) is 0 Å². The molecule has 0 bridgehead atoms. The van der Waals surface area contributed by atoms with Gasteiger partial charge < -0.3 is 4.74 Å². The summed E-state index contributed by atoms with van der Waals surface area (Å²) in [6.07, 6.45) is 2.98. The lowest BCUT2D eigenvalue weighted by Crippen LogP contribution is -2.41. The molecular formula is C15H15N3O3. The number of nitrogens with one attached hydrogen (secondary N) is 2. The average Bonchev–Trinajstić information content (AvgIpc) is 2.53. The summed E-state index contributed by atoms with van der Waals surface area (Å²) in [5.74, 6) is -0.255. The van der Waals surface area contributed by atoms with Crippen LogP contribution in [0.4, 0.5) is 0 Å². The van der Waals surface area contributed by atoms with Gasteiger partial charge in [0.25, 0.3) is 11.8 Å². The normalized spacial score (nSPS) is 9.76. The number of benzene rings is 1. The maximum absolute atomic E-state index is 11.9. The molecule has 6 heteroatoms. The number of pyridine rings is 1. The molecule has 2 rings (SSSR count). The van der Waals surface area contributed by atoms with Gasteiger partial charge in [0.2, 0.25) is 0 Å². The molecule has 0 radical (unpaired) electrons. The maximum atomic E-state index is 11.9. The fourth-order valence-corrected chi connectivity index (χ4v) is 1.65. The van der Waals surface area contributed by atoms with Crippen LogP contribution in [0.1, 0.15) is 27.6 Å². The quantitative estimate of drug-likeness (QED) is 0.835. The molecule has 108 valence electrons. The van der Waals surface area contributed by atoms with Crippen molar-refractivity contribution in [1.82, 2.24) is 15.8 Å². The third-order valence-electron chi connectivity index (χ3n) is 2.62. The summed E-state index contributed by atoms with van der Waals surface area (Å²) in [5.41, 5.74) is 5.43. The van der Waals surface area contributed by atoms with Crippen LogP contribution in [0.3, 0.4) is 0 Å². The van der Waals surface area contributed by atoms with Crippen molar-refractivity contribution in [2.45, 2.75) is 6.92 Å². The van der Waals surface area contributed by atoms with Crippen LogP contribution in [0, 0.1) is 0 Å². The Hall–Kier alpha value is -2.89. The van der Waals surface area contributed by atoms with Crippen LogP contribution >= 0.6 is 0 Å². The van der Waals surface area contributed by atoms with E-state index in [1.165, 1.54) is 6.20 Å². The second-order valence-electron chi connectivity index (χ2n) is 4.11. The highest BCUT2D eigenvalue weighted by Crippen LogP contribution is 2.12. The van der Waals surface area contributed by atoms with E-state index < -0.39 is 11.8 Å². The van der Waals surface area contributed by atoms with E-state index in [0.29, 0.717) is 23.5 Å². The first-order chi connectivity index (χ1) is 10.2. The first-order valence-electron chi connectivity index (χ1n) is 6.44. The van der Waals surface area contributed by atoms with Gasteiger partial charge >= 0.3 is 0 Å². The fourth-order valence-electron chi connectivity index (χ4n) is 1.65. The number of hydrogen-bond donors (Lipinski definition) is 2. The van der Waals surface area contributed by atoms with E-state index in [0.717, 1.165) is 0 Å². The molecule has 1 heterocycles. The van der Waals surface area contributed by atoms with E-state index >= 15 is 0 Å². The van der Waals surface area contributed by atoms with Crippen molar-refractivity contribution in [2.24, 2.45) is 0 Å². The summed E-state index contributed by atoms with van der Waals surface area (Å²) in [6.45, 7) is 2.38. The molecule has 2 aromatic rings. The van der Waals surface area contributed by atoms with Gasteiger partial charge in [-0.3, -0.25) is 25.4 Å². The van der Waals surface area contributed by atoms with Gasteiger partial charge in [0.15, 0.2) is 0 Å². The third-order valence-corrected chi connectivity index (χ3v) is 2.62. The summed E-state index contributed by atoms with van der Waals surface area (Å²) in [7, 11) is 0. The summed E-state index contributed by atoms with van der Waals surface area (Å²) >= 11 is 0. The molecular weight excluding hydrogens is 270 g/mol. The van der Waals surface area contributed by atoms with E-state index in [2.05, 4.69) is 15.8 Å². The molecule has 0 saturated carbocycles. The first kappa shape index (κ1) is 14.5. The smallest absolute Gasteiger partial charge is 0.271 e. The molecule has 0 saturated heterocycles. The molecule has 2 N–H and O–H groups in total. The Morgan fingerprint density at radius 1 is 1.10 bits per heavy atom. The Morgan fingerprint density at radius 3 is 2.48 bits per heavy atom. The van der Waals surface area contributed by atoms with E-state index in [1.807, 2.05) is 6.92 Å². The van der Waals surface area contributed by atoms with Crippen LogP contribution in [0.15, 0.2) is 48.8 Å². The Balaban J connectivity index is 1.96. The Morgan fingerprint density at radius 2 is 1.81 bits per heavy atom. The lowest BCUT2D eigenvalue weighted by Gasteiger charge is -2.08. The van der Waals surface area contributed by atoms with Crippen molar-refractivity contribution in [3.05, 3.63) is 59.9 Å². The summed E-state index contributed by atoms with van der Waals surface area (Å²) in [4.78, 5) is 27.5. The number of rotatable bonds is 4. The van der Waals surface area contributed by atoms with E-state index in [9.17, 15) is 9.59 Å². The highest BCUT2D eigenvalue weighted by molar-refractivity contribution is 5.99. The second-order valence-corrected chi connectivity index (χ2v) is 4.11. The van der Waals surface area contributed by atoms with Gasteiger partial charge in [-0.2, -0.15) is 0 Å². The van der Waals surface area contributed by atoms with Crippen LogP contribution in [0.2, 0.25) is 0 Å². The lowest BCUT2D eigenvalue weighted by molar-refractivity contribution is 0.0846. The molecule has 1 aromatic heterocycles. The van der Waals surface area contributed by atoms with Crippen molar-refractivity contribution < 1.29 is 14.3 Å². The minimum Gasteiger partial charge on any atom is -0.494 e. The van der Waals surface area contributed by atoms with Crippen molar-refractivity contribution in [2.75, 3.05) is 6.61 Å². The molecule has 0 fully saturated rings. The zero-order chi connectivity index (χ0) is 15.1. The van der Waals surface area contributed by atoms with E-state index in [-0.39, 0.29) is 0 Å². The first-order valence-corrected chi connectivity index (χ1v) is 6.44. The van der Waals surface area contributed by atoms with Crippen LogP contribution in [0.5, 0.6) is 5.75 Å². The van der Waals surface area contributed by atoms with Crippen molar-refractivity contribution in [1.29, 1.82) is 0 Å². The molecule has 6 nitrogen and oxygen atoms in total. The zero-order valence-electron chi connectivity index (χ0n) is 11.5. The highest BCUT2D eigenvalue weighted by atomic mass is 16.5. The second kappa shape index (κ2) is 7.04. The summed E-state index contributed by atoms with van der Waals surface area (Å²) < 4.78 is 5.32. The van der Waals surface area contributed by atoms with Crippen molar-refractivity contribution in [3.8, 4) is 5.75 Å². The van der Waals surface area contributed by atoms with Crippen LogP contribution < -0.4 is 15.6 Å². The maximum Gasteiger partial charge on any atom is 0.271 e. The van der Waals surface area contributed by atoms with E-state index in [4.69, 9.17) is 4.74 Å². The van der Waals surface area contributed by atoms with Gasteiger partial charge in [0, 0.05) is 18.0 Å². The average molecular weight is 285 g/mol. The van der Waals surface area contributed by atoms with Crippen molar-refractivity contribution in [3.63, 3.8) is 0 Å². The van der Waals surface area contributed by atoms with Gasteiger partial charge in [-0.15, -0.1) is 0 Å². The number of carbonyl (C=O) groups is 2. The number of hydrogen-bond acceptors (Lipinski definition) is 4. The Labute approximate surface area is 122 Å². The largest absolute Gasteiger partial charge is 0.494 e. The number of nitrogens with zero attached hydrogens (tertiary/aromatic N) is 1. The molecule has 0 aliphatic heterocycles. The monoisotopic (exact) mass is 285 g/mol. The van der Waals surface area contributed by atoms with Crippen LogP contribution in [-0.4, -0.2) is 23.4 Å².